The lowest BCUT2D eigenvalue weighted by molar-refractivity contribution is -0.109. The molecule has 0 spiro atoms. The summed E-state index contributed by atoms with van der Waals surface area (Å²) < 4.78 is 4.60. The SMILES string of the molecule is COC(=O)c1cccc(C(O)C(O)CCSC(C)=O)c1N. The van der Waals surface area contributed by atoms with Crippen molar-refractivity contribution in [2.75, 3.05) is 18.6 Å². The first-order valence-corrected chi connectivity index (χ1v) is 7.33. The number of carbonyl (C=O) groups excluding carboxylic acids is 2. The summed E-state index contributed by atoms with van der Waals surface area (Å²) in [6.45, 7) is 1.44. The maximum Gasteiger partial charge on any atom is 0.339 e. The first kappa shape index (κ1) is 17.5. The molecule has 0 amide bonds. The number of thioether (sulfide) groups is 1. The molecule has 0 fully saturated rings. The van der Waals surface area contributed by atoms with Crippen LogP contribution in [0.3, 0.4) is 0 Å². The molecule has 0 aliphatic heterocycles. The number of hydrogen-bond acceptors (Lipinski definition) is 7. The highest BCUT2D eigenvalue weighted by atomic mass is 32.2. The molecule has 0 saturated heterocycles. The van der Waals surface area contributed by atoms with E-state index >= 15 is 0 Å². The second-order valence-corrected chi connectivity index (χ2v) is 5.71. The minimum atomic E-state index is -1.23. The van der Waals surface area contributed by atoms with Crippen LogP contribution in [0, 0.1) is 0 Å². The van der Waals surface area contributed by atoms with Crippen molar-refractivity contribution in [1.29, 1.82) is 0 Å². The molecule has 0 aliphatic carbocycles. The van der Waals surface area contributed by atoms with Crippen molar-refractivity contribution in [1.82, 2.24) is 0 Å². The number of carbonyl (C=O) groups is 2. The highest BCUT2D eigenvalue weighted by molar-refractivity contribution is 8.13. The van der Waals surface area contributed by atoms with E-state index in [1.165, 1.54) is 26.2 Å². The Hall–Kier alpha value is -1.57. The minimum Gasteiger partial charge on any atom is -0.465 e. The van der Waals surface area contributed by atoms with Crippen molar-refractivity contribution >= 4 is 28.5 Å². The van der Waals surface area contributed by atoms with Crippen LogP contribution in [0.4, 0.5) is 5.69 Å². The number of methoxy groups -OCH3 is 1. The molecule has 1 aromatic rings. The molecule has 4 N–H and O–H groups in total. The third-order valence-corrected chi connectivity index (χ3v) is 3.79. The van der Waals surface area contributed by atoms with Gasteiger partial charge < -0.3 is 20.7 Å². The predicted octanol–water partition coefficient (Wildman–Crippen LogP) is 1.12. The van der Waals surface area contributed by atoms with E-state index in [1.807, 2.05) is 0 Å². The number of ether oxygens (including phenoxy) is 1. The fourth-order valence-corrected chi connectivity index (χ4v) is 2.46. The molecule has 0 aliphatic rings. The molecule has 0 bridgehead atoms. The van der Waals surface area contributed by atoms with Gasteiger partial charge in [0.15, 0.2) is 5.12 Å². The fourth-order valence-electron chi connectivity index (χ4n) is 1.82. The largest absolute Gasteiger partial charge is 0.465 e. The number of esters is 1. The maximum atomic E-state index is 11.5. The van der Waals surface area contributed by atoms with Gasteiger partial charge in [-0.3, -0.25) is 4.79 Å². The number of benzene rings is 1. The van der Waals surface area contributed by atoms with Crippen molar-refractivity contribution in [2.24, 2.45) is 0 Å². The number of aliphatic hydroxyl groups excluding tert-OH is 2. The van der Waals surface area contributed by atoms with Gasteiger partial charge in [-0.15, -0.1) is 0 Å². The van der Waals surface area contributed by atoms with E-state index in [2.05, 4.69) is 4.74 Å². The molecular formula is C14H19NO5S. The molecule has 1 rings (SSSR count). The van der Waals surface area contributed by atoms with E-state index in [4.69, 9.17) is 5.73 Å². The van der Waals surface area contributed by atoms with Crippen LogP contribution in [0.25, 0.3) is 0 Å². The van der Waals surface area contributed by atoms with E-state index in [9.17, 15) is 19.8 Å². The van der Waals surface area contributed by atoms with Gasteiger partial charge in [-0.25, -0.2) is 4.79 Å². The summed E-state index contributed by atoms with van der Waals surface area (Å²) in [5, 5.41) is 20.0. The molecule has 6 nitrogen and oxygen atoms in total. The number of rotatable bonds is 6. The minimum absolute atomic E-state index is 0.0520. The Morgan fingerprint density at radius 3 is 2.62 bits per heavy atom. The Morgan fingerprint density at radius 2 is 2.05 bits per heavy atom. The molecule has 2 atom stereocenters. The Kier molecular flexibility index (Phi) is 6.67. The van der Waals surface area contributed by atoms with Crippen LogP contribution >= 0.6 is 11.8 Å². The third kappa shape index (κ3) is 4.73. The molecule has 1 aromatic carbocycles. The summed E-state index contributed by atoms with van der Waals surface area (Å²) in [6.07, 6.45) is -2.08. The van der Waals surface area contributed by atoms with Crippen molar-refractivity contribution in [3.8, 4) is 0 Å². The van der Waals surface area contributed by atoms with Gasteiger partial charge in [0, 0.05) is 18.2 Å². The average molecular weight is 313 g/mol. The van der Waals surface area contributed by atoms with E-state index in [0.29, 0.717) is 5.75 Å². The Balaban J connectivity index is 2.84. The van der Waals surface area contributed by atoms with E-state index in [-0.39, 0.29) is 28.4 Å². The number of aliphatic hydroxyl groups is 2. The van der Waals surface area contributed by atoms with Gasteiger partial charge >= 0.3 is 5.97 Å². The van der Waals surface area contributed by atoms with Crippen LogP contribution in [-0.4, -0.2) is 40.3 Å². The zero-order chi connectivity index (χ0) is 16.0. The van der Waals surface area contributed by atoms with Crippen molar-refractivity contribution in [3.63, 3.8) is 0 Å². The number of anilines is 1. The Labute approximate surface area is 127 Å². The molecule has 7 heteroatoms. The van der Waals surface area contributed by atoms with Crippen LogP contribution in [0.5, 0.6) is 0 Å². The second-order valence-electron chi connectivity index (χ2n) is 4.44. The monoisotopic (exact) mass is 313 g/mol. The standard InChI is InChI=1S/C14H19NO5S/c1-8(16)21-7-6-11(17)13(18)9-4-3-5-10(12(9)15)14(19)20-2/h3-5,11,13,17-18H,6-7,15H2,1-2H3. The summed E-state index contributed by atoms with van der Waals surface area (Å²) >= 11 is 1.07. The lowest BCUT2D eigenvalue weighted by Gasteiger charge is -2.20. The second kappa shape index (κ2) is 8.02. The van der Waals surface area contributed by atoms with Gasteiger partial charge in [0.1, 0.15) is 6.10 Å². The van der Waals surface area contributed by atoms with Crippen LogP contribution in [0.1, 0.15) is 35.4 Å². The highest BCUT2D eigenvalue weighted by Crippen LogP contribution is 2.28. The summed E-state index contributed by atoms with van der Waals surface area (Å²) in [4.78, 5) is 22.4. The molecule has 2 unspecified atom stereocenters. The van der Waals surface area contributed by atoms with Gasteiger partial charge in [-0.05, 0) is 12.5 Å². The van der Waals surface area contributed by atoms with Crippen LogP contribution in [-0.2, 0) is 9.53 Å². The Bertz CT molecular complexity index is 520. The van der Waals surface area contributed by atoms with Crippen LogP contribution in [0.2, 0.25) is 0 Å². The van der Waals surface area contributed by atoms with Crippen LogP contribution < -0.4 is 5.73 Å². The lowest BCUT2D eigenvalue weighted by atomic mass is 9.98. The summed E-state index contributed by atoms with van der Waals surface area (Å²) in [5.41, 5.74) is 6.32. The molecular weight excluding hydrogens is 294 g/mol. The highest BCUT2D eigenvalue weighted by Gasteiger charge is 2.23. The topological polar surface area (TPSA) is 110 Å². The number of nitrogen functional groups attached to an aromatic ring is 1. The average Bonchev–Trinajstić information content (AvgIpc) is 2.45. The molecule has 21 heavy (non-hydrogen) atoms. The summed E-state index contributed by atoms with van der Waals surface area (Å²) in [6, 6.07) is 4.57. The fraction of sp³-hybridized carbons (Fsp3) is 0.429. The summed E-state index contributed by atoms with van der Waals surface area (Å²) in [7, 11) is 1.23. The first-order valence-electron chi connectivity index (χ1n) is 6.34. The zero-order valence-corrected chi connectivity index (χ0v) is 12.7. The smallest absolute Gasteiger partial charge is 0.339 e. The normalized spacial score (nSPS) is 13.5. The van der Waals surface area contributed by atoms with E-state index in [0.717, 1.165) is 11.8 Å². The maximum absolute atomic E-state index is 11.5. The molecule has 0 saturated carbocycles. The molecule has 0 aromatic heterocycles. The van der Waals surface area contributed by atoms with Gasteiger partial charge in [0.25, 0.3) is 0 Å². The number of para-hydroxylation sites is 1. The summed E-state index contributed by atoms with van der Waals surface area (Å²) in [5.74, 6) is -0.215. The van der Waals surface area contributed by atoms with Gasteiger partial charge in [-0.1, -0.05) is 23.9 Å². The number of nitrogens with two attached hydrogens (primary N) is 1. The van der Waals surface area contributed by atoms with Crippen molar-refractivity contribution < 1.29 is 24.5 Å². The molecule has 0 radical (unpaired) electrons. The van der Waals surface area contributed by atoms with Crippen molar-refractivity contribution in [3.05, 3.63) is 29.3 Å². The van der Waals surface area contributed by atoms with E-state index < -0.39 is 18.2 Å². The van der Waals surface area contributed by atoms with Gasteiger partial charge in [0.05, 0.1) is 24.5 Å². The van der Waals surface area contributed by atoms with Crippen molar-refractivity contribution in [2.45, 2.75) is 25.6 Å². The quantitative estimate of drug-likeness (QED) is 0.533. The Morgan fingerprint density at radius 1 is 1.38 bits per heavy atom. The molecule has 0 heterocycles. The zero-order valence-electron chi connectivity index (χ0n) is 11.9. The van der Waals surface area contributed by atoms with Crippen LogP contribution in [0.15, 0.2) is 18.2 Å². The van der Waals surface area contributed by atoms with Gasteiger partial charge in [0.2, 0.25) is 0 Å². The molecule has 116 valence electrons. The number of hydrogen-bond donors (Lipinski definition) is 3. The van der Waals surface area contributed by atoms with E-state index in [1.54, 1.807) is 6.07 Å². The predicted molar refractivity (Wildman–Crippen MR) is 80.9 cm³/mol. The first-order chi connectivity index (χ1) is 9.88. The van der Waals surface area contributed by atoms with Gasteiger partial charge in [-0.2, -0.15) is 0 Å². The third-order valence-electron chi connectivity index (χ3n) is 2.95. The lowest BCUT2D eigenvalue weighted by Crippen LogP contribution is -2.21.